The van der Waals surface area contributed by atoms with E-state index in [9.17, 15) is 18.5 Å². The molecule has 1 aromatic rings. The number of halogens is 1. The molecular weight excluding hydrogens is 324 g/mol. The molecule has 0 amide bonds. The van der Waals surface area contributed by atoms with Crippen molar-refractivity contribution in [3.05, 3.63) is 20.5 Å². The summed E-state index contributed by atoms with van der Waals surface area (Å²) in [6.45, 7) is 7.90. The highest BCUT2D eigenvalue weighted by Gasteiger charge is 2.66. The first-order valence-electron chi connectivity index (χ1n) is 5.87. The van der Waals surface area contributed by atoms with E-state index in [0.717, 1.165) is 6.07 Å². The van der Waals surface area contributed by atoms with Crippen LogP contribution in [0.1, 0.15) is 27.7 Å². The maximum absolute atomic E-state index is 12.3. The molecule has 1 N–H and O–H groups in total. The summed E-state index contributed by atoms with van der Waals surface area (Å²) in [4.78, 5) is 10.0. The summed E-state index contributed by atoms with van der Waals surface area (Å²) >= 11 is 6.39. The van der Waals surface area contributed by atoms with E-state index in [4.69, 9.17) is 11.6 Å². The smallest absolute Gasteiger partial charge is 0.258 e. The fourth-order valence-corrected chi connectivity index (χ4v) is 5.51. The first-order valence-corrected chi connectivity index (χ1v) is 8.55. The second-order valence-electron chi connectivity index (χ2n) is 5.98. The van der Waals surface area contributed by atoms with Crippen LogP contribution >= 0.6 is 22.9 Å². The summed E-state index contributed by atoms with van der Waals surface area (Å²) in [7, 11) is -3.79. The van der Waals surface area contributed by atoms with Gasteiger partial charge in [0.15, 0.2) is 4.34 Å². The standard InChI is InChI=1S/C11H15ClN2O4S2/c1-10(2)9(11(10,3)4)13-20(17,18)7-5-6(14(15)16)8(12)19-7/h5,9,13H,1-4H3. The summed E-state index contributed by atoms with van der Waals surface area (Å²) < 4.78 is 26.9. The van der Waals surface area contributed by atoms with E-state index in [1.54, 1.807) is 0 Å². The number of nitro groups is 1. The maximum Gasteiger partial charge on any atom is 0.300 e. The minimum Gasteiger partial charge on any atom is -0.258 e. The number of hydrogen-bond acceptors (Lipinski definition) is 5. The second kappa shape index (κ2) is 4.40. The third-order valence-corrected chi connectivity index (χ3v) is 7.64. The molecule has 0 radical (unpaired) electrons. The molecule has 0 bridgehead atoms. The van der Waals surface area contributed by atoms with E-state index in [0.29, 0.717) is 11.3 Å². The quantitative estimate of drug-likeness (QED) is 0.675. The van der Waals surface area contributed by atoms with Crippen LogP contribution in [0.15, 0.2) is 10.3 Å². The predicted octanol–water partition coefficient (Wildman–Crippen LogP) is 3.02. The van der Waals surface area contributed by atoms with Crippen LogP contribution < -0.4 is 4.72 Å². The minimum atomic E-state index is -3.79. The van der Waals surface area contributed by atoms with Gasteiger partial charge in [-0.15, -0.1) is 11.3 Å². The van der Waals surface area contributed by atoms with Gasteiger partial charge in [-0.05, 0) is 10.8 Å². The molecule has 0 aliphatic heterocycles. The van der Waals surface area contributed by atoms with Gasteiger partial charge in [0, 0.05) is 12.1 Å². The molecule has 1 aromatic heterocycles. The normalized spacial score (nSPS) is 20.9. The molecule has 9 heteroatoms. The average molecular weight is 339 g/mol. The third kappa shape index (κ3) is 2.24. The molecule has 0 unspecified atom stereocenters. The Hall–Kier alpha value is -0.700. The first-order chi connectivity index (χ1) is 8.91. The van der Waals surface area contributed by atoms with Gasteiger partial charge in [-0.3, -0.25) is 10.1 Å². The fourth-order valence-electron chi connectivity index (χ4n) is 2.30. The Labute approximate surface area is 126 Å². The molecule has 0 atom stereocenters. The second-order valence-corrected chi connectivity index (χ2v) is 9.57. The Kier molecular flexibility index (Phi) is 3.45. The Bertz CT molecular complexity index is 665. The van der Waals surface area contributed by atoms with Crippen molar-refractivity contribution >= 4 is 38.6 Å². The monoisotopic (exact) mass is 338 g/mol. The van der Waals surface area contributed by atoms with Crippen LogP contribution in [0.2, 0.25) is 4.34 Å². The molecule has 1 heterocycles. The highest BCUT2D eigenvalue weighted by Crippen LogP contribution is 2.63. The van der Waals surface area contributed by atoms with Gasteiger partial charge in [-0.2, -0.15) is 0 Å². The van der Waals surface area contributed by atoms with Crippen molar-refractivity contribution in [2.45, 2.75) is 37.9 Å². The van der Waals surface area contributed by atoms with E-state index in [-0.39, 0.29) is 31.1 Å². The van der Waals surface area contributed by atoms with Crippen molar-refractivity contribution in [1.82, 2.24) is 4.72 Å². The summed E-state index contributed by atoms with van der Waals surface area (Å²) in [6.07, 6.45) is 0. The van der Waals surface area contributed by atoms with E-state index in [1.807, 2.05) is 27.7 Å². The van der Waals surface area contributed by atoms with Gasteiger partial charge in [0.2, 0.25) is 0 Å². The molecule has 0 aromatic carbocycles. The van der Waals surface area contributed by atoms with Crippen LogP contribution in [-0.4, -0.2) is 19.4 Å². The van der Waals surface area contributed by atoms with Crippen molar-refractivity contribution in [2.75, 3.05) is 0 Å². The lowest BCUT2D eigenvalue weighted by Crippen LogP contribution is -2.29. The van der Waals surface area contributed by atoms with Gasteiger partial charge < -0.3 is 0 Å². The Morgan fingerprint density at radius 1 is 1.35 bits per heavy atom. The van der Waals surface area contributed by atoms with Crippen molar-refractivity contribution in [3.63, 3.8) is 0 Å². The summed E-state index contributed by atoms with van der Waals surface area (Å²) in [5.74, 6) is 0. The van der Waals surface area contributed by atoms with Crippen molar-refractivity contribution in [1.29, 1.82) is 0 Å². The van der Waals surface area contributed by atoms with E-state index >= 15 is 0 Å². The van der Waals surface area contributed by atoms with Crippen molar-refractivity contribution in [3.8, 4) is 0 Å². The summed E-state index contributed by atoms with van der Waals surface area (Å²) in [6, 6.07) is 0.789. The number of rotatable bonds is 4. The van der Waals surface area contributed by atoms with Gasteiger partial charge in [-0.25, -0.2) is 13.1 Å². The molecule has 112 valence electrons. The van der Waals surface area contributed by atoms with Crippen LogP contribution in [0.25, 0.3) is 0 Å². The molecule has 1 saturated carbocycles. The SMILES string of the molecule is CC1(C)C(NS(=O)(=O)c2cc([N+](=O)[O-])c(Cl)s2)C1(C)C. The maximum atomic E-state index is 12.3. The topological polar surface area (TPSA) is 89.3 Å². The zero-order chi connectivity index (χ0) is 15.5. The van der Waals surface area contributed by atoms with Gasteiger partial charge in [0.25, 0.3) is 15.7 Å². The third-order valence-electron chi connectivity index (χ3n) is 4.40. The lowest BCUT2D eigenvalue weighted by molar-refractivity contribution is -0.384. The number of hydrogen-bond donors (Lipinski definition) is 1. The van der Waals surface area contributed by atoms with Crippen molar-refractivity contribution < 1.29 is 13.3 Å². The van der Waals surface area contributed by atoms with E-state index in [2.05, 4.69) is 4.72 Å². The lowest BCUT2D eigenvalue weighted by Gasteiger charge is -2.05. The van der Waals surface area contributed by atoms with Crippen LogP contribution in [0.4, 0.5) is 5.69 Å². The Morgan fingerprint density at radius 3 is 2.20 bits per heavy atom. The number of thiophene rings is 1. The van der Waals surface area contributed by atoms with Gasteiger partial charge in [0.1, 0.15) is 4.21 Å². The number of nitrogens with one attached hydrogen (secondary N) is 1. The number of nitrogens with zero attached hydrogens (tertiary/aromatic N) is 1. The minimum absolute atomic E-state index is 0.132. The molecule has 0 spiro atoms. The average Bonchev–Trinajstić information content (AvgIpc) is 2.66. The van der Waals surface area contributed by atoms with Gasteiger partial charge in [-0.1, -0.05) is 39.3 Å². The molecule has 0 saturated heterocycles. The molecule has 20 heavy (non-hydrogen) atoms. The van der Waals surface area contributed by atoms with Crippen LogP contribution in [0, 0.1) is 20.9 Å². The van der Waals surface area contributed by atoms with Crippen molar-refractivity contribution in [2.24, 2.45) is 10.8 Å². The zero-order valence-corrected chi connectivity index (χ0v) is 13.8. The summed E-state index contributed by atoms with van der Waals surface area (Å²) in [5.41, 5.74) is -0.702. The van der Waals surface area contributed by atoms with E-state index < -0.39 is 14.9 Å². The highest BCUT2D eigenvalue weighted by molar-refractivity contribution is 7.91. The Morgan fingerprint density at radius 2 is 1.85 bits per heavy atom. The molecule has 1 fully saturated rings. The van der Waals surface area contributed by atoms with Gasteiger partial charge in [0.05, 0.1) is 4.92 Å². The molecular formula is C11H15ClN2O4S2. The van der Waals surface area contributed by atoms with Crippen LogP contribution in [-0.2, 0) is 10.0 Å². The fraction of sp³-hybridized carbons (Fsp3) is 0.636. The zero-order valence-electron chi connectivity index (χ0n) is 11.4. The first kappa shape index (κ1) is 15.7. The van der Waals surface area contributed by atoms with Gasteiger partial charge >= 0.3 is 0 Å². The molecule has 6 nitrogen and oxygen atoms in total. The molecule has 1 aliphatic carbocycles. The largest absolute Gasteiger partial charge is 0.300 e. The predicted molar refractivity (Wildman–Crippen MR) is 77.7 cm³/mol. The van der Waals surface area contributed by atoms with E-state index in [1.165, 1.54) is 0 Å². The molecule has 1 aliphatic rings. The summed E-state index contributed by atoms with van der Waals surface area (Å²) in [5, 5.41) is 10.7. The lowest BCUT2D eigenvalue weighted by atomic mass is 10.0. The number of sulfonamides is 1. The van der Waals surface area contributed by atoms with Crippen LogP contribution in [0.5, 0.6) is 0 Å². The molecule has 2 rings (SSSR count). The Balaban J connectivity index is 2.29. The highest BCUT2D eigenvalue weighted by atomic mass is 35.5. The van der Waals surface area contributed by atoms with Crippen LogP contribution in [0.3, 0.4) is 0 Å².